The van der Waals surface area contributed by atoms with Crippen LogP contribution in [0.1, 0.15) is 25.7 Å². The molecule has 0 atom stereocenters. The fourth-order valence-electron chi connectivity index (χ4n) is 1.37. The maximum absolute atomic E-state index is 12.1. The van der Waals surface area contributed by atoms with E-state index in [1.54, 1.807) is 0 Å². The van der Waals surface area contributed by atoms with E-state index in [9.17, 15) is 12.9 Å². The quantitative estimate of drug-likeness (QED) is 0.637. The highest BCUT2D eigenvalue weighted by Crippen LogP contribution is 2.32. The number of thioether (sulfide) groups is 1. The Morgan fingerprint density at radius 1 is 1.31 bits per heavy atom. The van der Waals surface area contributed by atoms with Gasteiger partial charge in [0.25, 0.3) is 0 Å². The zero-order valence-electron chi connectivity index (χ0n) is 7.44. The Balaban J connectivity index is 2.22. The minimum absolute atomic E-state index is 0.0637. The zero-order valence-corrected chi connectivity index (χ0v) is 8.26. The molecule has 0 heterocycles. The normalized spacial score (nSPS) is 19.3. The van der Waals surface area contributed by atoms with Gasteiger partial charge in [-0.1, -0.05) is 12.8 Å². The first-order valence-electron chi connectivity index (χ1n) is 4.49. The molecule has 0 aliphatic heterocycles. The van der Waals surface area contributed by atoms with E-state index in [1.807, 2.05) is 0 Å². The molecule has 1 aliphatic rings. The van der Waals surface area contributed by atoms with Crippen LogP contribution in [-0.2, 0) is 0 Å². The molecule has 13 heavy (non-hydrogen) atoms. The fraction of sp³-hybridized carbons (Fsp3) is 0.750. The summed E-state index contributed by atoms with van der Waals surface area (Å²) in [6, 6.07) is 0. The first-order valence-corrected chi connectivity index (χ1v) is 5.54. The minimum Gasteiger partial charge on any atom is -0.445 e. The summed E-state index contributed by atoms with van der Waals surface area (Å²) in [5, 5.41) is 0.440. The fourth-order valence-corrected chi connectivity index (χ4v) is 2.68. The number of hydrogen-bond donors (Lipinski definition) is 0. The van der Waals surface area contributed by atoms with Crippen LogP contribution in [0, 0.1) is 0 Å². The van der Waals surface area contributed by atoms with Crippen LogP contribution in [0.3, 0.4) is 0 Å². The topological polar surface area (TPSA) is 0 Å². The van der Waals surface area contributed by atoms with Crippen LogP contribution in [0.4, 0.5) is 12.9 Å². The van der Waals surface area contributed by atoms with Gasteiger partial charge in [0, 0.05) is 5.25 Å². The second-order valence-corrected chi connectivity index (χ2v) is 4.74. The lowest BCUT2D eigenvalue weighted by molar-refractivity contribution is 0.491. The standard InChI is InChI=1S/C8H13BF3S/c1-7(9(10,11)12)6-13-8-4-2-3-5-8/h8H,1-6H2/q-1. The van der Waals surface area contributed by atoms with Crippen molar-refractivity contribution in [2.45, 2.75) is 30.9 Å². The van der Waals surface area contributed by atoms with Gasteiger partial charge in [-0.25, -0.2) is 0 Å². The van der Waals surface area contributed by atoms with Crippen molar-refractivity contribution in [3.8, 4) is 0 Å². The Bertz CT molecular complexity index is 184. The van der Waals surface area contributed by atoms with E-state index in [4.69, 9.17) is 0 Å². The van der Waals surface area contributed by atoms with Crippen molar-refractivity contribution >= 4 is 18.7 Å². The summed E-state index contributed by atoms with van der Waals surface area (Å²) in [6.07, 6.45) is 4.48. The van der Waals surface area contributed by atoms with Crippen molar-refractivity contribution in [2.75, 3.05) is 5.75 Å². The average Bonchev–Trinajstić information content (AvgIpc) is 2.50. The summed E-state index contributed by atoms with van der Waals surface area (Å²) in [4.78, 5) is 0. The van der Waals surface area contributed by atoms with E-state index in [2.05, 4.69) is 6.58 Å². The molecule has 0 nitrogen and oxygen atoms in total. The van der Waals surface area contributed by atoms with E-state index in [-0.39, 0.29) is 5.75 Å². The highest BCUT2D eigenvalue weighted by Gasteiger charge is 2.27. The number of hydrogen-bond acceptors (Lipinski definition) is 1. The molecule has 0 aromatic carbocycles. The van der Waals surface area contributed by atoms with E-state index >= 15 is 0 Å². The second kappa shape index (κ2) is 4.44. The first-order chi connectivity index (χ1) is 6.00. The van der Waals surface area contributed by atoms with Crippen LogP contribution in [0.2, 0.25) is 0 Å². The molecule has 5 heteroatoms. The maximum atomic E-state index is 12.1. The third-order valence-electron chi connectivity index (χ3n) is 2.27. The molecular weight excluding hydrogens is 196 g/mol. The predicted octanol–water partition coefficient (Wildman–Crippen LogP) is 3.61. The highest BCUT2D eigenvalue weighted by molar-refractivity contribution is 8.00. The van der Waals surface area contributed by atoms with Gasteiger partial charge in [-0.3, -0.25) is 0 Å². The Morgan fingerprint density at radius 3 is 2.31 bits per heavy atom. The molecule has 1 fully saturated rings. The summed E-state index contributed by atoms with van der Waals surface area (Å²) in [5.74, 6) is 0.0637. The minimum atomic E-state index is -4.81. The van der Waals surface area contributed by atoms with Gasteiger partial charge in [0.1, 0.15) is 0 Å². The Morgan fingerprint density at radius 2 is 1.85 bits per heavy atom. The lowest BCUT2D eigenvalue weighted by atomic mass is 9.82. The summed E-state index contributed by atoms with van der Waals surface area (Å²) >= 11 is 1.42. The van der Waals surface area contributed by atoms with Crippen LogP contribution in [0.25, 0.3) is 0 Å². The summed E-state index contributed by atoms with van der Waals surface area (Å²) in [5.41, 5.74) is -0.545. The molecular formula is C8H13BF3S-. The third kappa shape index (κ3) is 3.67. The van der Waals surface area contributed by atoms with Crippen molar-refractivity contribution < 1.29 is 12.9 Å². The number of rotatable bonds is 4. The van der Waals surface area contributed by atoms with E-state index in [1.165, 1.54) is 24.6 Å². The van der Waals surface area contributed by atoms with E-state index in [0.29, 0.717) is 5.25 Å². The molecule has 0 unspecified atom stereocenters. The Labute approximate surface area is 81.0 Å². The van der Waals surface area contributed by atoms with Crippen molar-refractivity contribution in [2.24, 2.45) is 0 Å². The van der Waals surface area contributed by atoms with Gasteiger partial charge in [0.05, 0.1) is 0 Å². The second-order valence-electron chi connectivity index (χ2n) is 3.45. The van der Waals surface area contributed by atoms with Crippen LogP contribution in [-0.4, -0.2) is 18.0 Å². The van der Waals surface area contributed by atoms with Gasteiger partial charge in [0.2, 0.25) is 0 Å². The lowest BCUT2D eigenvalue weighted by Gasteiger charge is -2.18. The van der Waals surface area contributed by atoms with Gasteiger partial charge in [-0.2, -0.15) is 11.8 Å². The van der Waals surface area contributed by atoms with Crippen molar-refractivity contribution in [1.29, 1.82) is 0 Å². The summed E-state index contributed by atoms with van der Waals surface area (Å²) < 4.78 is 36.2. The van der Waals surface area contributed by atoms with Gasteiger partial charge in [-0.15, -0.1) is 12.1 Å². The third-order valence-corrected chi connectivity index (χ3v) is 3.75. The lowest BCUT2D eigenvalue weighted by Crippen LogP contribution is -2.20. The summed E-state index contributed by atoms with van der Waals surface area (Å²) in [6.45, 7) is -1.74. The molecule has 1 saturated carbocycles. The Hall–Kier alpha value is -0.0551. The molecule has 1 rings (SSSR count). The largest absolute Gasteiger partial charge is 0.505 e. The van der Waals surface area contributed by atoms with Crippen LogP contribution < -0.4 is 0 Å². The van der Waals surface area contributed by atoms with E-state index < -0.39 is 12.4 Å². The van der Waals surface area contributed by atoms with Crippen LogP contribution in [0.5, 0.6) is 0 Å². The molecule has 1 aliphatic carbocycles. The van der Waals surface area contributed by atoms with Gasteiger partial charge < -0.3 is 12.9 Å². The molecule has 0 N–H and O–H groups in total. The molecule has 0 saturated heterocycles. The predicted molar refractivity (Wildman–Crippen MR) is 52.9 cm³/mol. The maximum Gasteiger partial charge on any atom is 0.505 e. The SMILES string of the molecule is C=C(CSC1CCCC1)[B-](F)(F)F. The number of halogens is 3. The monoisotopic (exact) mass is 209 g/mol. The molecule has 0 spiro atoms. The first kappa shape index (κ1) is 11.0. The Kier molecular flexibility index (Phi) is 3.77. The van der Waals surface area contributed by atoms with Crippen molar-refractivity contribution in [3.63, 3.8) is 0 Å². The molecule has 0 radical (unpaired) electrons. The molecule has 0 aromatic rings. The van der Waals surface area contributed by atoms with Crippen molar-refractivity contribution in [1.82, 2.24) is 0 Å². The average molecular weight is 209 g/mol. The molecule has 0 bridgehead atoms. The van der Waals surface area contributed by atoms with Gasteiger partial charge in [-0.05, 0) is 18.6 Å². The van der Waals surface area contributed by atoms with Crippen LogP contribution >= 0.6 is 11.8 Å². The van der Waals surface area contributed by atoms with Gasteiger partial charge >= 0.3 is 6.98 Å². The molecule has 0 aromatic heterocycles. The zero-order chi connectivity index (χ0) is 9.90. The van der Waals surface area contributed by atoms with Crippen LogP contribution in [0.15, 0.2) is 12.1 Å². The highest BCUT2D eigenvalue weighted by atomic mass is 32.2. The van der Waals surface area contributed by atoms with Gasteiger partial charge in [0.15, 0.2) is 0 Å². The summed E-state index contributed by atoms with van der Waals surface area (Å²) in [7, 11) is 0. The molecule has 76 valence electrons. The van der Waals surface area contributed by atoms with Crippen molar-refractivity contribution in [3.05, 3.63) is 12.1 Å². The molecule has 0 amide bonds. The smallest absolute Gasteiger partial charge is 0.445 e. The van der Waals surface area contributed by atoms with E-state index in [0.717, 1.165) is 12.8 Å².